The van der Waals surface area contributed by atoms with Gasteiger partial charge in [-0.15, -0.1) is 11.3 Å². The molecule has 11 rings (SSSR count). The summed E-state index contributed by atoms with van der Waals surface area (Å²) in [6.07, 6.45) is 0. The fourth-order valence-corrected chi connectivity index (χ4v) is 9.08. The van der Waals surface area contributed by atoms with E-state index in [1.807, 2.05) is 24.3 Å². The second-order valence-corrected chi connectivity index (χ2v) is 13.8. The number of thiophene rings is 1. The molecule has 4 aromatic heterocycles. The lowest BCUT2D eigenvalue weighted by atomic mass is 10.1. The number of rotatable bonds is 2. The maximum absolute atomic E-state index is 9.77. The van der Waals surface area contributed by atoms with Crippen molar-refractivity contribution in [3.63, 3.8) is 0 Å². The van der Waals surface area contributed by atoms with Crippen LogP contribution in [0, 0.1) is 17.9 Å². The van der Waals surface area contributed by atoms with E-state index in [1.165, 1.54) is 25.6 Å². The number of fused-ring (bicyclic) bond motifs is 13. The normalized spacial score (nSPS) is 12.0. The van der Waals surface area contributed by atoms with Crippen LogP contribution < -0.4 is 0 Å². The molecule has 0 fully saturated rings. The van der Waals surface area contributed by atoms with Crippen LogP contribution in [0.4, 0.5) is 5.69 Å². The Morgan fingerprint density at radius 1 is 0.560 bits per heavy atom. The molecule has 0 bridgehead atoms. The van der Waals surface area contributed by atoms with Gasteiger partial charge in [-0.3, -0.25) is 0 Å². The predicted octanol–water partition coefficient (Wildman–Crippen LogP) is 12.6. The highest BCUT2D eigenvalue weighted by Gasteiger charge is 2.20. The average molecular weight is 655 g/mol. The zero-order valence-electron chi connectivity index (χ0n) is 26.3. The summed E-state index contributed by atoms with van der Waals surface area (Å²) in [7, 11) is 0. The highest BCUT2D eigenvalue weighted by atomic mass is 32.1. The van der Waals surface area contributed by atoms with Crippen molar-refractivity contribution in [2.24, 2.45) is 0 Å². The third-order valence-electron chi connectivity index (χ3n) is 10.1. The zero-order valence-corrected chi connectivity index (χ0v) is 27.1. The summed E-state index contributed by atoms with van der Waals surface area (Å²) < 4.78 is 13.5. The van der Waals surface area contributed by atoms with E-state index < -0.39 is 0 Å². The Bertz CT molecular complexity index is 3360. The SMILES string of the molecule is [C-]#[N+]c1ccc2c(c1)c1ccccc1n2-c1ccc2oc3ccc(-n4c5ccccc5c5ccc6sc7ccc(C#N)cc7c6c54)cc3c2c1. The highest BCUT2D eigenvalue weighted by molar-refractivity contribution is 7.26. The summed E-state index contributed by atoms with van der Waals surface area (Å²) in [5, 5.41) is 18.7. The number of furan rings is 1. The Kier molecular flexibility index (Phi) is 5.34. The van der Waals surface area contributed by atoms with Crippen molar-refractivity contribution < 1.29 is 4.42 Å². The van der Waals surface area contributed by atoms with E-state index in [2.05, 4.69) is 129 Å². The van der Waals surface area contributed by atoms with Crippen molar-refractivity contribution in [3.05, 3.63) is 150 Å². The third-order valence-corrected chi connectivity index (χ3v) is 11.3. The summed E-state index contributed by atoms with van der Waals surface area (Å²) in [6, 6.07) is 48.6. The number of aromatic nitrogens is 2. The van der Waals surface area contributed by atoms with E-state index >= 15 is 0 Å². The van der Waals surface area contributed by atoms with Crippen LogP contribution in [-0.4, -0.2) is 9.13 Å². The molecule has 5 nitrogen and oxygen atoms in total. The van der Waals surface area contributed by atoms with Gasteiger partial charge in [0.1, 0.15) is 11.2 Å². The van der Waals surface area contributed by atoms with E-state index in [0.29, 0.717) is 11.3 Å². The minimum atomic E-state index is 0.632. The second kappa shape index (κ2) is 9.84. The first-order valence-corrected chi connectivity index (χ1v) is 17.2. The fourth-order valence-electron chi connectivity index (χ4n) is 8.00. The van der Waals surface area contributed by atoms with Gasteiger partial charge < -0.3 is 13.6 Å². The first-order valence-electron chi connectivity index (χ1n) is 16.3. The van der Waals surface area contributed by atoms with Crippen molar-refractivity contribution in [1.82, 2.24) is 9.13 Å². The number of hydrogen-bond donors (Lipinski definition) is 0. The molecule has 11 aromatic rings. The Labute approximate surface area is 288 Å². The van der Waals surface area contributed by atoms with Gasteiger partial charge in [-0.2, -0.15) is 5.26 Å². The van der Waals surface area contributed by atoms with Gasteiger partial charge in [-0.25, -0.2) is 4.85 Å². The molecule has 50 heavy (non-hydrogen) atoms. The molecule has 230 valence electrons. The monoisotopic (exact) mass is 654 g/mol. The maximum atomic E-state index is 9.77. The van der Waals surface area contributed by atoms with Gasteiger partial charge in [-0.05, 0) is 90.3 Å². The second-order valence-electron chi connectivity index (χ2n) is 12.7. The van der Waals surface area contributed by atoms with Gasteiger partial charge in [0.2, 0.25) is 0 Å². The largest absolute Gasteiger partial charge is 0.456 e. The van der Waals surface area contributed by atoms with Crippen molar-refractivity contribution in [3.8, 4) is 17.4 Å². The molecule has 7 aromatic carbocycles. The summed E-state index contributed by atoms with van der Waals surface area (Å²) in [4.78, 5) is 3.70. The number of nitrogens with zero attached hydrogens (tertiary/aromatic N) is 4. The van der Waals surface area contributed by atoms with E-state index in [1.54, 1.807) is 11.3 Å². The summed E-state index contributed by atoms with van der Waals surface area (Å²) >= 11 is 1.76. The van der Waals surface area contributed by atoms with Crippen LogP contribution in [0.25, 0.3) is 102 Å². The standard InChI is InChI=1S/C44H22N4OS/c1-46-26-11-15-38-32(21-26)30-7-3-4-8-36(30)47(38)27-12-16-39-33(22-27)34-23-28(13-17-40(34)49-39)48-37-9-5-2-6-29(37)31-14-19-42-43(44(31)48)35-20-25(24-45)10-18-41(35)50-42/h2-23H. The third kappa shape index (κ3) is 3.58. The molecule has 0 saturated heterocycles. The smallest absolute Gasteiger partial charge is 0.188 e. The van der Waals surface area contributed by atoms with Crippen LogP contribution in [-0.2, 0) is 0 Å². The van der Waals surface area contributed by atoms with Crippen molar-refractivity contribution in [2.45, 2.75) is 0 Å². The Balaban J connectivity index is 1.20. The number of nitriles is 1. The van der Waals surface area contributed by atoms with Crippen molar-refractivity contribution >= 4 is 103 Å². The van der Waals surface area contributed by atoms with Crippen LogP contribution in [0.1, 0.15) is 5.56 Å². The molecule has 0 unspecified atom stereocenters. The van der Waals surface area contributed by atoms with Gasteiger partial charge in [0.25, 0.3) is 0 Å². The molecule has 0 spiro atoms. The lowest BCUT2D eigenvalue weighted by molar-refractivity contribution is 0.669. The Morgan fingerprint density at radius 2 is 1.22 bits per heavy atom. The molecule has 0 aliphatic carbocycles. The summed E-state index contributed by atoms with van der Waals surface area (Å²) in [5.41, 5.74) is 9.45. The lowest BCUT2D eigenvalue weighted by Gasteiger charge is -2.10. The van der Waals surface area contributed by atoms with E-state index in [4.69, 9.17) is 11.0 Å². The molecule has 0 N–H and O–H groups in total. The van der Waals surface area contributed by atoms with E-state index in [0.717, 1.165) is 71.5 Å². The number of para-hydroxylation sites is 2. The summed E-state index contributed by atoms with van der Waals surface area (Å²) in [6.45, 7) is 7.58. The van der Waals surface area contributed by atoms with Crippen LogP contribution in [0.3, 0.4) is 0 Å². The van der Waals surface area contributed by atoms with Crippen molar-refractivity contribution in [2.75, 3.05) is 0 Å². The molecule has 0 radical (unpaired) electrons. The minimum Gasteiger partial charge on any atom is -0.456 e. The van der Waals surface area contributed by atoms with Gasteiger partial charge >= 0.3 is 0 Å². The minimum absolute atomic E-state index is 0.632. The van der Waals surface area contributed by atoms with E-state index in [9.17, 15) is 5.26 Å². The molecule has 6 heteroatoms. The lowest BCUT2D eigenvalue weighted by Crippen LogP contribution is -1.94. The molecule has 0 aliphatic rings. The number of benzene rings is 7. The zero-order chi connectivity index (χ0) is 33.1. The average Bonchev–Trinajstić information content (AvgIpc) is 3.91. The molecule has 4 heterocycles. The Hall–Kier alpha value is -6.86. The van der Waals surface area contributed by atoms with Crippen LogP contribution >= 0.6 is 11.3 Å². The fraction of sp³-hybridized carbons (Fsp3) is 0. The maximum Gasteiger partial charge on any atom is 0.188 e. The molecule has 0 atom stereocenters. The van der Waals surface area contributed by atoms with Crippen LogP contribution in [0.15, 0.2) is 138 Å². The first kappa shape index (κ1) is 27.1. The van der Waals surface area contributed by atoms with E-state index in [-0.39, 0.29) is 0 Å². The van der Waals surface area contributed by atoms with Crippen LogP contribution in [0.2, 0.25) is 0 Å². The van der Waals surface area contributed by atoms with Crippen LogP contribution in [0.5, 0.6) is 0 Å². The number of hydrogen-bond acceptors (Lipinski definition) is 3. The predicted molar refractivity (Wildman–Crippen MR) is 206 cm³/mol. The molecule has 0 aliphatic heterocycles. The molecular formula is C44H22N4OS. The van der Waals surface area contributed by atoms with Gasteiger partial charge in [0.15, 0.2) is 5.69 Å². The Morgan fingerprint density at radius 3 is 1.96 bits per heavy atom. The molecule has 0 amide bonds. The van der Waals surface area contributed by atoms with Gasteiger partial charge in [-0.1, -0.05) is 48.5 Å². The topological polar surface area (TPSA) is 51.1 Å². The quantitative estimate of drug-likeness (QED) is 0.174. The van der Waals surface area contributed by atoms with Gasteiger partial charge in [0, 0.05) is 58.5 Å². The highest BCUT2D eigenvalue weighted by Crippen LogP contribution is 2.44. The summed E-state index contributed by atoms with van der Waals surface area (Å²) in [5.74, 6) is 0. The first-order chi connectivity index (χ1) is 24.7. The molecular weight excluding hydrogens is 633 g/mol. The molecule has 0 saturated carbocycles. The van der Waals surface area contributed by atoms with Crippen molar-refractivity contribution in [1.29, 1.82) is 5.26 Å². The van der Waals surface area contributed by atoms with Gasteiger partial charge in [0.05, 0.1) is 40.3 Å².